The SMILES string of the molecule is CCCC1=C2[C](CCN(C(=O)C3=CC4=CC=CC4=C[CH]3)C2CC)[N+](c2ccc(C(C)C)cc2)=N1. The number of benzene rings is 1. The lowest BCUT2D eigenvalue weighted by atomic mass is 9.86. The number of nitrogens with zero attached hydrogens (tertiary/aromatic N) is 3. The third kappa shape index (κ3) is 3.93. The number of hydrogen-bond acceptors (Lipinski definition) is 2. The molecule has 0 saturated carbocycles. The quantitative estimate of drug-likeness (QED) is 0.425. The molecule has 174 valence electrons. The van der Waals surface area contributed by atoms with Crippen LogP contribution in [0.25, 0.3) is 0 Å². The molecule has 0 bridgehead atoms. The van der Waals surface area contributed by atoms with Crippen molar-refractivity contribution in [1.82, 2.24) is 4.90 Å². The second-order valence-corrected chi connectivity index (χ2v) is 9.76. The third-order valence-electron chi connectivity index (χ3n) is 7.22. The van der Waals surface area contributed by atoms with Crippen LogP contribution in [0.5, 0.6) is 0 Å². The van der Waals surface area contributed by atoms with Gasteiger partial charge in [0.15, 0.2) is 0 Å². The summed E-state index contributed by atoms with van der Waals surface area (Å²) in [6.45, 7) is 9.54. The Morgan fingerprint density at radius 2 is 1.94 bits per heavy atom. The summed E-state index contributed by atoms with van der Waals surface area (Å²) >= 11 is 0. The molecule has 4 heteroatoms. The predicted molar refractivity (Wildman–Crippen MR) is 136 cm³/mol. The minimum atomic E-state index is 0.0526. The van der Waals surface area contributed by atoms with Crippen LogP contribution in [-0.4, -0.2) is 28.1 Å². The second-order valence-electron chi connectivity index (χ2n) is 9.76. The van der Waals surface area contributed by atoms with Crippen LogP contribution in [0.3, 0.4) is 0 Å². The van der Waals surface area contributed by atoms with Gasteiger partial charge in [-0.25, -0.2) is 0 Å². The van der Waals surface area contributed by atoms with Crippen molar-refractivity contribution in [3.63, 3.8) is 0 Å². The van der Waals surface area contributed by atoms with Crippen LogP contribution in [0.15, 0.2) is 87.7 Å². The Balaban J connectivity index is 1.43. The zero-order chi connectivity index (χ0) is 23.8. The molecule has 4 nitrogen and oxygen atoms in total. The lowest BCUT2D eigenvalue weighted by molar-refractivity contribution is -0.487. The Bertz CT molecular complexity index is 1170. The average Bonchev–Trinajstić information content (AvgIpc) is 3.47. The van der Waals surface area contributed by atoms with Gasteiger partial charge in [0.2, 0.25) is 5.69 Å². The van der Waals surface area contributed by atoms with Gasteiger partial charge in [0.1, 0.15) is 5.70 Å². The number of fused-ring (bicyclic) bond motifs is 2. The minimum absolute atomic E-state index is 0.0526. The highest BCUT2D eigenvalue weighted by molar-refractivity contribution is 5.98. The molecule has 0 spiro atoms. The Hall–Kier alpha value is -3.01. The first-order valence-corrected chi connectivity index (χ1v) is 12.7. The van der Waals surface area contributed by atoms with E-state index in [2.05, 4.69) is 79.8 Å². The molecule has 0 aromatic heterocycles. The molecule has 1 fully saturated rings. The van der Waals surface area contributed by atoms with Crippen LogP contribution in [-0.2, 0) is 4.79 Å². The van der Waals surface area contributed by atoms with E-state index in [0.717, 1.165) is 48.2 Å². The van der Waals surface area contributed by atoms with E-state index < -0.39 is 0 Å². The van der Waals surface area contributed by atoms with Gasteiger partial charge in [0, 0.05) is 37.1 Å². The highest BCUT2D eigenvalue weighted by Crippen LogP contribution is 2.44. The molecule has 1 aromatic carbocycles. The summed E-state index contributed by atoms with van der Waals surface area (Å²) in [5.41, 5.74) is 7.94. The summed E-state index contributed by atoms with van der Waals surface area (Å²) in [5.74, 6) is 0.630. The van der Waals surface area contributed by atoms with Gasteiger partial charge < -0.3 is 4.90 Å². The number of carbonyl (C=O) groups excluding carboxylic acids is 1. The molecule has 1 unspecified atom stereocenters. The highest BCUT2D eigenvalue weighted by Gasteiger charge is 2.49. The van der Waals surface area contributed by atoms with Crippen molar-refractivity contribution in [2.24, 2.45) is 5.11 Å². The maximum atomic E-state index is 13.7. The van der Waals surface area contributed by atoms with Gasteiger partial charge in [-0.1, -0.05) is 75.2 Å². The fraction of sp³-hybridized carbons (Fsp3) is 0.367. The van der Waals surface area contributed by atoms with E-state index in [4.69, 9.17) is 5.11 Å². The molecule has 2 aliphatic heterocycles. The van der Waals surface area contributed by atoms with Crippen molar-refractivity contribution in [3.8, 4) is 0 Å². The van der Waals surface area contributed by atoms with Crippen LogP contribution in [0.2, 0.25) is 0 Å². The fourth-order valence-electron chi connectivity index (χ4n) is 5.41. The van der Waals surface area contributed by atoms with Gasteiger partial charge in [0.05, 0.1) is 11.6 Å². The van der Waals surface area contributed by atoms with Crippen LogP contribution >= 0.6 is 0 Å². The number of azo groups is 2. The van der Waals surface area contributed by atoms with E-state index in [9.17, 15) is 4.79 Å². The normalized spacial score (nSPS) is 21.9. The molecule has 2 aliphatic carbocycles. The monoisotopic (exact) mass is 452 g/mol. The van der Waals surface area contributed by atoms with Crippen LogP contribution in [0, 0.1) is 12.5 Å². The highest BCUT2D eigenvalue weighted by atomic mass is 16.2. The van der Waals surface area contributed by atoms with Crippen LogP contribution in [0.1, 0.15) is 64.9 Å². The van der Waals surface area contributed by atoms with Crippen molar-refractivity contribution in [2.45, 2.75) is 65.3 Å². The molecular weight excluding hydrogens is 418 g/mol. The van der Waals surface area contributed by atoms with E-state index >= 15 is 0 Å². The number of rotatable bonds is 6. The van der Waals surface area contributed by atoms with Gasteiger partial charge >= 0.3 is 0 Å². The summed E-state index contributed by atoms with van der Waals surface area (Å²) in [6.07, 6.45) is 15.9. The lowest BCUT2D eigenvalue weighted by Crippen LogP contribution is -2.48. The zero-order valence-corrected chi connectivity index (χ0v) is 20.7. The summed E-state index contributed by atoms with van der Waals surface area (Å²) in [7, 11) is 0. The van der Waals surface area contributed by atoms with E-state index in [1.807, 2.05) is 18.6 Å². The molecule has 1 atom stereocenters. The molecule has 5 rings (SSSR count). The van der Waals surface area contributed by atoms with Crippen molar-refractivity contribution in [2.75, 3.05) is 6.54 Å². The fourth-order valence-corrected chi connectivity index (χ4v) is 5.41. The lowest BCUT2D eigenvalue weighted by Gasteiger charge is -2.37. The Morgan fingerprint density at radius 1 is 1.15 bits per heavy atom. The number of piperidine rings is 1. The first kappa shape index (κ1) is 22.8. The Morgan fingerprint density at radius 3 is 2.65 bits per heavy atom. The smallest absolute Gasteiger partial charge is 0.291 e. The number of hydrogen-bond donors (Lipinski definition) is 0. The van der Waals surface area contributed by atoms with Gasteiger partial charge in [-0.05, 0) is 46.7 Å². The van der Waals surface area contributed by atoms with Gasteiger partial charge in [-0.2, -0.15) is 0 Å². The van der Waals surface area contributed by atoms with Crippen LogP contribution in [0.4, 0.5) is 5.69 Å². The molecule has 1 amide bonds. The molecule has 4 aliphatic rings. The van der Waals surface area contributed by atoms with Gasteiger partial charge in [0.25, 0.3) is 11.9 Å². The minimum Gasteiger partial charge on any atom is -0.332 e. The summed E-state index contributed by atoms with van der Waals surface area (Å²) in [4.78, 5) is 15.8. The molecule has 34 heavy (non-hydrogen) atoms. The standard InChI is InChI=1S/C30H34N3O/c1-5-8-26-29-27(6-2)32(30(34)24-12-11-22-9-7-10-23(22)19-24)18-17-28(29)33(31-26)25-15-13-21(14-16-25)20(3)4/h7,9-16,19-20,27H,5-6,8,17-18H2,1-4H3/q+1. The molecule has 2 radical (unpaired) electrons. The number of amides is 1. The molecule has 2 heterocycles. The predicted octanol–water partition coefficient (Wildman–Crippen LogP) is 7.08. The van der Waals surface area contributed by atoms with Crippen LogP contribution < -0.4 is 0 Å². The van der Waals surface area contributed by atoms with Crippen molar-refractivity contribution in [1.29, 1.82) is 0 Å². The summed E-state index contributed by atoms with van der Waals surface area (Å²) < 4.78 is 2.14. The van der Waals surface area contributed by atoms with Crippen molar-refractivity contribution < 1.29 is 9.49 Å². The van der Waals surface area contributed by atoms with Crippen molar-refractivity contribution in [3.05, 3.63) is 101 Å². The topological polar surface area (TPSA) is 35.7 Å². The van der Waals surface area contributed by atoms with Gasteiger partial charge in [-0.3, -0.25) is 4.79 Å². The maximum Gasteiger partial charge on any atom is 0.291 e. The molecule has 1 saturated heterocycles. The number of likely N-dealkylation sites (tertiary alicyclic amines) is 1. The van der Waals surface area contributed by atoms with E-state index in [-0.39, 0.29) is 11.9 Å². The first-order valence-electron chi connectivity index (χ1n) is 12.7. The van der Waals surface area contributed by atoms with E-state index in [0.29, 0.717) is 12.5 Å². The maximum absolute atomic E-state index is 13.7. The van der Waals surface area contributed by atoms with E-state index in [1.165, 1.54) is 22.8 Å². The first-order chi connectivity index (χ1) is 16.5. The molecule has 0 N–H and O–H groups in total. The van der Waals surface area contributed by atoms with Gasteiger partial charge in [-0.15, -0.1) is 0 Å². The van der Waals surface area contributed by atoms with E-state index in [1.54, 1.807) is 0 Å². The summed E-state index contributed by atoms with van der Waals surface area (Å²) in [5, 5.41) is 5.10. The third-order valence-corrected chi connectivity index (χ3v) is 7.22. The zero-order valence-electron chi connectivity index (χ0n) is 20.7. The summed E-state index contributed by atoms with van der Waals surface area (Å²) in [6, 6.07) is 10.1. The second kappa shape index (κ2) is 9.32. The Kier molecular flexibility index (Phi) is 6.24. The molecule has 1 aromatic rings. The Labute approximate surface area is 203 Å². The number of allylic oxidation sites excluding steroid dienone is 8. The van der Waals surface area contributed by atoms with Crippen molar-refractivity contribution >= 4 is 11.6 Å². The number of carbonyl (C=O) groups is 1. The average molecular weight is 453 g/mol. The largest absolute Gasteiger partial charge is 0.332 e. The molecular formula is C30H34N3O+.